The number of carbonyl (C=O) groups excluding carboxylic acids is 1. The lowest BCUT2D eigenvalue weighted by atomic mass is 9.97. The Labute approximate surface area is 140 Å². The maximum absolute atomic E-state index is 11.5. The number of aromatic nitrogens is 2. The van der Waals surface area contributed by atoms with Gasteiger partial charge in [0.25, 0.3) is 0 Å². The molecule has 0 atom stereocenters. The number of piperazine rings is 1. The molecule has 1 aliphatic heterocycles. The summed E-state index contributed by atoms with van der Waals surface area (Å²) >= 11 is 1.86. The van der Waals surface area contributed by atoms with Crippen LogP contribution in [0.25, 0.3) is 10.2 Å². The number of nitrogens with zero attached hydrogens (tertiary/aromatic N) is 4. The summed E-state index contributed by atoms with van der Waals surface area (Å²) < 4.78 is 0. The lowest BCUT2D eigenvalue weighted by molar-refractivity contribution is -0.129. The second-order valence-corrected chi connectivity index (χ2v) is 7.56. The Balaban J connectivity index is 1.74. The predicted molar refractivity (Wildman–Crippen MR) is 93.3 cm³/mol. The molecule has 0 spiro atoms. The van der Waals surface area contributed by atoms with Crippen LogP contribution in [0, 0.1) is 6.92 Å². The number of amides is 1. The van der Waals surface area contributed by atoms with Crippen LogP contribution in [0.5, 0.6) is 0 Å². The van der Waals surface area contributed by atoms with E-state index in [1.54, 1.807) is 6.92 Å². The fourth-order valence-corrected chi connectivity index (χ4v) is 5.01. The van der Waals surface area contributed by atoms with Crippen molar-refractivity contribution in [2.24, 2.45) is 0 Å². The number of fused-ring (bicyclic) bond motifs is 3. The molecule has 0 unspecified atom stereocenters. The highest BCUT2D eigenvalue weighted by molar-refractivity contribution is 7.19. The summed E-state index contributed by atoms with van der Waals surface area (Å²) in [5.74, 6) is 2.11. The van der Waals surface area contributed by atoms with E-state index >= 15 is 0 Å². The molecule has 3 heterocycles. The molecule has 0 aromatic carbocycles. The normalized spacial score (nSPS) is 18.3. The number of anilines is 1. The van der Waals surface area contributed by atoms with Crippen LogP contribution in [0.3, 0.4) is 0 Å². The maximum Gasteiger partial charge on any atom is 0.219 e. The molecule has 2 aliphatic rings. The topological polar surface area (TPSA) is 49.3 Å². The molecule has 0 saturated carbocycles. The molecule has 122 valence electrons. The summed E-state index contributed by atoms with van der Waals surface area (Å²) in [4.78, 5) is 28.0. The quantitative estimate of drug-likeness (QED) is 0.806. The minimum Gasteiger partial charge on any atom is -0.352 e. The van der Waals surface area contributed by atoms with Gasteiger partial charge in [0.1, 0.15) is 16.5 Å². The predicted octanol–water partition coefficient (Wildman–Crippen LogP) is 2.55. The third-order valence-corrected chi connectivity index (χ3v) is 6.12. The van der Waals surface area contributed by atoms with E-state index in [-0.39, 0.29) is 5.91 Å². The van der Waals surface area contributed by atoms with Gasteiger partial charge >= 0.3 is 0 Å². The van der Waals surface area contributed by atoms with Crippen molar-refractivity contribution in [3.05, 3.63) is 16.3 Å². The van der Waals surface area contributed by atoms with Gasteiger partial charge < -0.3 is 9.80 Å². The maximum atomic E-state index is 11.5. The highest BCUT2D eigenvalue weighted by Crippen LogP contribution is 2.39. The molecule has 1 amide bonds. The van der Waals surface area contributed by atoms with Crippen LogP contribution in [0.2, 0.25) is 0 Å². The van der Waals surface area contributed by atoms with E-state index in [2.05, 4.69) is 4.90 Å². The van der Waals surface area contributed by atoms with Crippen molar-refractivity contribution in [1.29, 1.82) is 0 Å². The molecule has 2 aromatic heterocycles. The van der Waals surface area contributed by atoms with E-state index in [0.717, 1.165) is 49.1 Å². The third kappa shape index (κ3) is 2.59. The number of hydrogen-bond donors (Lipinski definition) is 0. The van der Waals surface area contributed by atoms with Crippen LogP contribution in [-0.2, 0) is 17.6 Å². The summed E-state index contributed by atoms with van der Waals surface area (Å²) in [6, 6.07) is 0. The van der Waals surface area contributed by atoms with Crippen LogP contribution in [-0.4, -0.2) is 47.0 Å². The van der Waals surface area contributed by atoms with Crippen molar-refractivity contribution in [3.63, 3.8) is 0 Å². The number of thiophene rings is 1. The summed E-state index contributed by atoms with van der Waals surface area (Å²) in [5, 5.41) is 1.28. The van der Waals surface area contributed by atoms with Gasteiger partial charge in [0.05, 0.1) is 5.39 Å². The Kier molecular flexibility index (Phi) is 3.71. The molecule has 0 bridgehead atoms. The first-order valence-corrected chi connectivity index (χ1v) is 9.24. The molecule has 0 radical (unpaired) electrons. The smallest absolute Gasteiger partial charge is 0.219 e. The lowest BCUT2D eigenvalue weighted by Gasteiger charge is -2.35. The first-order valence-electron chi connectivity index (χ1n) is 8.43. The van der Waals surface area contributed by atoms with E-state index in [9.17, 15) is 4.79 Å². The van der Waals surface area contributed by atoms with Gasteiger partial charge in [0.15, 0.2) is 0 Å². The number of rotatable bonds is 1. The van der Waals surface area contributed by atoms with Crippen molar-refractivity contribution in [2.45, 2.75) is 39.5 Å². The second-order valence-electron chi connectivity index (χ2n) is 6.48. The highest BCUT2D eigenvalue weighted by atomic mass is 32.1. The minimum absolute atomic E-state index is 0.168. The molecule has 1 fully saturated rings. The van der Waals surface area contributed by atoms with Crippen LogP contribution in [0.15, 0.2) is 0 Å². The molecule has 0 N–H and O–H groups in total. The fourth-order valence-electron chi connectivity index (χ4n) is 3.70. The van der Waals surface area contributed by atoms with E-state index in [0.29, 0.717) is 0 Å². The van der Waals surface area contributed by atoms with Crippen LogP contribution in [0.4, 0.5) is 5.82 Å². The fraction of sp³-hybridized carbons (Fsp3) is 0.588. The van der Waals surface area contributed by atoms with Gasteiger partial charge in [-0.25, -0.2) is 9.97 Å². The van der Waals surface area contributed by atoms with Gasteiger partial charge in [0, 0.05) is 38.0 Å². The minimum atomic E-state index is 0.168. The molecule has 23 heavy (non-hydrogen) atoms. The summed E-state index contributed by atoms with van der Waals surface area (Å²) in [6.45, 7) is 6.91. The average Bonchev–Trinajstić information content (AvgIpc) is 2.92. The van der Waals surface area contributed by atoms with Gasteiger partial charge in [-0.05, 0) is 38.2 Å². The van der Waals surface area contributed by atoms with Gasteiger partial charge in [-0.15, -0.1) is 11.3 Å². The second kappa shape index (κ2) is 5.74. The summed E-state index contributed by atoms with van der Waals surface area (Å²) in [5.41, 5.74) is 1.49. The van der Waals surface area contributed by atoms with Gasteiger partial charge in [-0.1, -0.05) is 0 Å². The number of carbonyl (C=O) groups is 1. The summed E-state index contributed by atoms with van der Waals surface area (Å²) in [7, 11) is 0. The SMILES string of the molecule is CC(=O)N1CCN(c2nc(C)nc3sc4c(c23)CCCC4)CC1. The Morgan fingerprint density at radius 2 is 1.83 bits per heavy atom. The van der Waals surface area contributed by atoms with Crippen LogP contribution < -0.4 is 4.90 Å². The van der Waals surface area contributed by atoms with Gasteiger partial charge in [-0.2, -0.15) is 0 Å². The van der Waals surface area contributed by atoms with Crippen molar-refractivity contribution in [2.75, 3.05) is 31.1 Å². The van der Waals surface area contributed by atoms with Crippen molar-refractivity contribution in [1.82, 2.24) is 14.9 Å². The number of aryl methyl sites for hydroxylation is 3. The van der Waals surface area contributed by atoms with Gasteiger partial charge in [-0.3, -0.25) is 4.79 Å². The molecule has 2 aromatic rings. The zero-order valence-electron chi connectivity index (χ0n) is 13.8. The molecule has 6 heteroatoms. The summed E-state index contributed by atoms with van der Waals surface area (Å²) in [6.07, 6.45) is 4.90. The first-order chi connectivity index (χ1) is 11.1. The monoisotopic (exact) mass is 330 g/mol. The van der Waals surface area contributed by atoms with Gasteiger partial charge in [0.2, 0.25) is 5.91 Å². The Morgan fingerprint density at radius 1 is 1.09 bits per heavy atom. The van der Waals surface area contributed by atoms with Crippen molar-refractivity contribution in [3.8, 4) is 0 Å². The standard InChI is InChI=1S/C17H22N4OS/c1-11-18-16(21-9-7-20(8-10-21)12(2)22)15-13-5-3-4-6-14(13)23-17(15)19-11/h3-10H2,1-2H3. The molecule has 4 rings (SSSR count). The average molecular weight is 330 g/mol. The van der Waals surface area contributed by atoms with Crippen LogP contribution >= 0.6 is 11.3 Å². The van der Waals surface area contributed by atoms with E-state index < -0.39 is 0 Å². The van der Waals surface area contributed by atoms with Crippen molar-refractivity contribution < 1.29 is 4.79 Å². The molecule has 5 nitrogen and oxygen atoms in total. The third-order valence-electron chi connectivity index (χ3n) is 4.93. The highest BCUT2D eigenvalue weighted by Gasteiger charge is 2.26. The number of hydrogen-bond acceptors (Lipinski definition) is 5. The Hall–Kier alpha value is -1.69. The zero-order valence-corrected chi connectivity index (χ0v) is 14.6. The Bertz CT molecular complexity index is 762. The molecular formula is C17H22N4OS. The Morgan fingerprint density at radius 3 is 2.57 bits per heavy atom. The zero-order chi connectivity index (χ0) is 16.0. The molecule has 1 saturated heterocycles. The molecular weight excluding hydrogens is 308 g/mol. The first kappa shape index (κ1) is 14.9. The lowest BCUT2D eigenvalue weighted by Crippen LogP contribution is -2.48. The molecule has 1 aliphatic carbocycles. The van der Waals surface area contributed by atoms with E-state index in [1.165, 1.54) is 35.1 Å². The van der Waals surface area contributed by atoms with Crippen LogP contribution in [0.1, 0.15) is 36.0 Å². The van der Waals surface area contributed by atoms with E-state index in [1.807, 2.05) is 23.2 Å². The largest absolute Gasteiger partial charge is 0.352 e. The van der Waals surface area contributed by atoms with Crippen molar-refractivity contribution >= 4 is 33.3 Å². The van der Waals surface area contributed by atoms with E-state index in [4.69, 9.17) is 9.97 Å².